The van der Waals surface area contributed by atoms with Crippen LogP contribution in [0.25, 0.3) is 0 Å². The van der Waals surface area contributed by atoms with Crippen LogP contribution in [0, 0.1) is 6.92 Å². The molecule has 138 valence electrons. The highest BCUT2D eigenvalue weighted by molar-refractivity contribution is 5.92. The number of primary amides is 1. The Bertz CT molecular complexity index is 770. The molecule has 0 spiro atoms. The van der Waals surface area contributed by atoms with E-state index in [0.717, 1.165) is 35.8 Å². The molecule has 2 aromatic carbocycles. The predicted molar refractivity (Wildman–Crippen MR) is 105 cm³/mol. The van der Waals surface area contributed by atoms with Gasteiger partial charge in [-0.25, -0.2) is 0 Å². The number of aryl methyl sites for hydroxylation is 1. The van der Waals surface area contributed by atoms with Gasteiger partial charge in [-0.15, -0.1) is 0 Å². The van der Waals surface area contributed by atoms with Gasteiger partial charge in [0.25, 0.3) is 0 Å². The van der Waals surface area contributed by atoms with E-state index in [1.54, 1.807) is 26.3 Å². The number of guanidine groups is 1. The number of ether oxygens (including phenoxy) is 1. The maximum atomic E-state index is 11.1. The van der Waals surface area contributed by atoms with Crippen LogP contribution in [0.15, 0.2) is 47.5 Å². The third-order valence-corrected chi connectivity index (χ3v) is 4.10. The van der Waals surface area contributed by atoms with Crippen LogP contribution >= 0.6 is 0 Å². The van der Waals surface area contributed by atoms with Crippen LogP contribution in [-0.2, 0) is 13.0 Å². The molecule has 26 heavy (non-hydrogen) atoms. The Morgan fingerprint density at radius 2 is 1.81 bits per heavy atom. The third-order valence-electron chi connectivity index (χ3n) is 4.10. The van der Waals surface area contributed by atoms with Crippen LogP contribution < -0.4 is 21.1 Å². The van der Waals surface area contributed by atoms with Crippen molar-refractivity contribution in [1.82, 2.24) is 10.6 Å². The smallest absolute Gasteiger partial charge is 0.248 e. The molecule has 0 bridgehead atoms. The van der Waals surface area contributed by atoms with E-state index in [4.69, 9.17) is 10.5 Å². The highest BCUT2D eigenvalue weighted by Crippen LogP contribution is 2.18. The van der Waals surface area contributed by atoms with Gasteiger partial charge in [-0.05, 0) is 48.2 Å². The molecule has 6 nitrogen and oxygen atoms in total. The summed E-state index contributed by atoms with van der Waals surface area (Å²) in [5, 5.41) is 6.54. The summed E-state index contributed by atoms with van der Waals surface area (Å²) in [6.45, 7) is 3.40. The number of methoxy groups -OCH3 is 1. The van der Waals surface area contributed by atoms with Crippen LogP contribution in [0.4, 0.5) is 0 Å². The van der Waals surface area contributed by atoms with Crippen molar-refractivity contribution in [3.05, 3.63) is 64.7 Å². The fourth-order valence-corrected chi connectivity index (χ4v) is 2.54. The van der Waals surface area contributed by atoms with Crippen LogP contribution in [0.5, 0.6) is 5.75 Å². The summed E-state index contributed by atoms with van der Waals surface area (Å²) in [5.41, 5.74) is 9.13. The minimum atomic E-state index is -0.422. The number of amides is 1. The Balaban J connectivity index is 1.81. The molecule has 0 unspecified atom stereocenters. The number of carbonyl (C=O) groups excluding carboxylic acids is 1. The molecule has 0 saturated carbocycles. The van der Waals surface area contributed by atoms with Crippen molar-refractivity contribution in [3.8, 4) is 5.75 Å². The van der Waals surface area contributed by atoms with Crippen LogP contribution in [0.3, 0.4) is 0 Å². The maximum Gasteiger partial charge on any atom is 0.248 e. The van der Waals surface area contributed by atoms with Gasteiger partial charge in [-0.3, -0.25) is 9.79 Å². The number of benzene rings is 2. The van der Waals surface area contributed by atoms with Crippen LogP contribution in [-0.4, -0.2) is 32.6 Å². The van der Waals surface area contributed by atoms with Crippen molar-refractivity contribution < 1.29 is 9.53 Å². The molecular formula is C20H26N4O2. The number of hydrogen-bond acceptors (Lipinski definition) is 3. The predicted octanol–water partition coefficient (Wildman–Crippen LogP) is 2.01. The van der Waals surface area contributed by atoms with Gasteiger partial charge >= 0.3 is 0 Å². The number of rotatable bonds is 7. The molecular weight excluding hydrogens is 328 g/mol. The molecule has 6 heteroatoms. The van der Waals surface area contributed by atoms with Gasteiger partial charge in [-0.1, -0.05) is 24.3 Å². The van der Waals surface area contributed by atoms with E-state index >= 15 is 0 Å². The SMILES string of the molecule is CN=C(NCCc1ccc(C)c(OC)c1)NCc1ccc(C(N)=O)cc1. The lowest BCUT2D eigenvalue weighted by Gasteiger charge is -2.13. The largest absolute Gasteiger partial charge is 0.496 e. The van der Waals surface area contributed by atoms with Gasteiger partial charge in [0, 0.05) is 25.7 Å². The van der Waals surface area contributed by atoms with Crippen molar-refractivity contribution in [2.24, 2.45) is 10.7 Å². The number of carbonyl (C=O) groups is 1. The average Bonchev–Trinajstić information content (AvgIpc) is 2.66. The Labute approximate surface area is 154 Å². The van der Waals surface area contributed by atoms with Gasteiger partial charge < -0.3 is 21.1 Å². The first-order chi connectivity index (χ1) is 12.5. The first-order valence-corrected chi connectivity index (χ1v) is 8.50. The molecule has 0 atom stereocenters. The summed E-state index contributed by atoms with van der Waals surface area (Å²) in [6, 6.07) is 13.4. The van der Waals surface area contributed by atoms with Crippen molar-refractivity contribution in [1.29, 1.82) is 0 Å². The summed E-state index contributed by atoms with van der Waals surface area (Å²) >= 11 is 0. The quantitative estimate of drug-likeness (QED) is 0.524. The summed E-state index contributed by atoms with van der Waals surface area (Å²) < 4.78 is 5.36. The Hall–Kier alpha value is -3.02. The van der Waals surface area contributed by atoms with Gasteiger partial charge in [0.15, 0.2) is 5.96 Å². The fraction of sp³-hybridized carbons (Fsp3) is 0.300. The van der Waals surface area contributed by atoms with Crippen molar-refractivity contribution in [3.63, 3.8) is 0 Å². The molecule has 1 amide bonds. The molecule has 0 aromatic heterocycles. The number of nitrogens with two attached hydrogens (primary N) is 1. The molecule has 4 N–H and O–H groups in total. The molecule has 0 aliphatic carbocycles. The maximum absolute atomic E-state index is 11.1. The van der Waals surface area contributed by atoms with Gasteiger partial charge in [-0.2, -0.15) is 0 Å². The van der Waals surface area contributed by atoms with Crippen LogP contribution in [0.1, 0.15) is 27.0 Å². The number of aliphatic imine (C=N–C) groups is 1. The summed E-state index contributed by atoms with van der Waals surface area (Å²) in [5.74, 6) is 1.21. The van der Waals surface area contributed by atoms with E-state index in [1.807, 2.05) is 19.1 Å². The van der Waals surface area contributed by atoms with E-state index in [1.165, 1.54) is 5.56 Å². The monoisotopic (exact) mass is 354 g/mol. The second kappa shape index (κ2) is 9.46. The van der Waals surface area contributed by atoms with Crippen molar-refractivity contribution in [2.45, 2.75) is 19.9 Å². The third kappa shape index (κ3) is 5.51. The molecule has 0 saturated heterocycles. The second-order valence-corrected chi connectivity index (χ2v) is 5.97. The minimum Gasteiger partial charge on any atom is -0.496 e. The molecule has 0 aliphatic rings. The molecule has 0 heterocycles. The number of nitrogens with one attached hydrogen (secondary N) is 2. The number of nitrogens with zero attached hydrogens (tertiary/aromatic N) is 1. The average molecular weight is 354 g/mol. The van der Waals surface area contributed by atoms with E-state index in [9.17, 15) is 4.79 Å². The Kier molecular flexibility index (Phi) is 7.02. The Morgan fingerprint density at radius 3 is 2.42 bits per heavy atom. The number of hydrogen-bond donors (Lipinski definition) is 3. The first kappa shape index (κ1) is 19.3. The molecule has 0 radical (unpaired) electrons. The van der Waals surface area contributed by atoms with Crippen LogP contribution in [0.2, 0.25) is 0 Å². The fourth-order valence-electron chi connectivity index (χ4n) is 2.54. The lowest BCUT2D eigenvalue weighted by Crippen LogP contribution is -2.37. The molecule has 2 aromatic rings. The first-order valence-electron chi connectivity index (χ1n) is 8.50. The standard InChI is InChI=1S/C20H26N4O2/c1-14-4-5-15(12-18(14)26-3)10-11-23-20(22-2)24-13-16-6-8-17(9-7-16)19(21)25/h4-9,12H,10-11,13H2,1-3H3,(H2,21,25)(H2,22,23,24). The zero-order valence-electron chi connectivity index (χ0n) is 15.5. The highest BCUT2D eigenvalue weighted by Gasteiger charge is 2.03. The van der Waals surface area contributed by atoms with Gasteiger partial charge in [0.05, 0.1) is 7.11 Å². The summed E-state index contributed by atoms with van der Waals surface area (Å²) in [7, 11) is 3.42. The van der Waals surface area contributed by atoms with E-state index in [-0.39, 0.29) is 0 Å². The Morgan fingerprint density at radius 1 is 1.12 bits per heavy atom. The summed E-state index contributed by atoms with van der Waals surface area (Å²) in [6.07, 6.45) is 0.866. The zero-order valence-corrected chi connectivity index (χ0v) is 15.5. The molecule has 0 fully saturated rings. The van der Waals surface area contributed by atoms with E-state index in [2.05, 4.69) is 33.8 Å². The lowest BCUT2D eigenvalue weighted by molar-refractivity contribution is 0.100. The topological polar surface area (TPSA) is 88.7 Å². The van der Waals surface area contributed by atoms with Gasteiger partial charge in [0.2, 0.25) is 5.91 Å². The lowest BCUT2D eigenvalue weighted by atomic mass is 10.1. The molecule has 2 rings (SSSR count). The zero-order chi connectivity index (χ0) is 18.9. The van der Waals surface area contributed by atoms with E-state index in [0.29, 0.717) is 12.1 Å². The summed E-state index contributed by atoms with van der Waals surface area (Å²) in [4.78, 5) is 15.3. The normalized spacial score (nSPS) is 11.1. The van der Waals surface area contributed by atoms with Gasteiger partial charge in [0.1, 0.15) is 5.75 Å². The highest BCUT2D eigenvalue weighted by atomic mass is 16.5. The van der Waals surface area contributed by atoms with E-state index < -0.39 is 5.91 Å². The second-order valence-electron chi connectivity index (χ2n) is 5.97. The van der Waals surface area contributed by atoms with Crippen molar-refractivity contribution in [2.75, 3.05) is 20.7 Å². The van der Waals surface area contributed by atoms with Crippen molar-refractivity contribution >= 4 is 11.9 Å². The molecule has 0 aliphatic heterocycles. The minimum absolute atomic E-state index is 0.422.